The van der Waals surface area contributed by atoms with Crippen molar-refractivity contribution in [2.75, 3.05) is 20.8 Å². The van der Waals surface area contributed by atoms with Gasteiger partial charge in [0, 0.05) is 7.11 Å². The number of hydrogen-bond acceptors (Lipinski definition) is 4. The minimum absolute atomic E-state index is 0.00486. The molecule has 1 saturated carbocycles. The highest BCUT2D eigenvalue weighted by Crippen LogP contribution is 2.47. The van der Waals surface area contributed by atoms with Crippen molar-refractivity contribution in [1.82, 2.24) is 0 Å². The van der Waals surface area contributed by atoms with Gasteiger partial charge in [0.1, 0.15) is 12.0 Å². The minimum Gasteiger partial charge on any atom is -0.468 e. The summed E-state index contributed by atoms with van der Waals surface area (Å²) in [5.41, 5.74) is -0.856. The summed E-state index contributed by atoms with van der Waals surface area (Å²) in [5, 5.41) is 0. The predicted molar refractivity (Wildman–Crippen MR) is 40.6 cm³/mol. The van der Waals surface area contributed by atoms with Crippen molar-refractivity contribution in [2.24, 2.45) is 5.41 Å². The molecule has 1 aliphatic carbocycles. The van der Waals surface area contributed by atoms with Gasteiger partial charge in [-0.1, -0.05) is 0 Å². The molecule has 0 aromatic rings. The van der Waals surface area contributed by atoms with Crippen LogP contribution >= 0.6 is 0 Å². The maximum absolute atomic E-state index is 11.3. The minimum atomic E-state index is -0.856. The zero-order valence-electron chi connectivity index (χ0n) is 7.25. The van der Waals surface area contributed by atoms with Gasteiger partial charge in [-0.2, -0.15) is 0 Å². The molecule has 0 bridgehead atoms. The Hall–Kier alpha value is -0.900. The number of esters is 1. The third-order valence-corrected chi connectivity index (χ3v) is 2.14. The number of methoxy groups -OCH3 is 2. The Morgan fingerprint density at radius 2 is 1.92 bits per heavy atom. The van der Waals surface area contributed by atoms with Crippen LogP contribution < -0.4 is 0 Å². The second-order valence-corrected chi connectivity index (χ2v) is 2.93. The third kappa shape index (κ3) is 1.34. The number of rotatable bonds is 4. The lowest BCUT2D eigenvalue weighted by atomic mass is 10.0. The number of carbonyl (C=O) groups excluding carboxylic acids is 2. The largest absolute Gasteiger partial charge is 0.468 e. The molecule has 1 fully saturated rings. The Morgan fingerprint density at radius 3 is 2.25 bits per heavy atom. The molecule has 1 aliphatic rings. The van der Waals surface area contributed by atoms with Gasteiger partial charge in [-0.15, -0.1) is 0 Å². The van der Waals surface area contributed by atoms with Crippen LogP contribution in [-0.2, 0) is 19.1 Å². The van der Waals surface area contributed by atoms with E-state index in [4.69, 9.17) is 0 Å². The number of ketones is 1. The molecule has 1 rings (SSSR count). The smallest absolute Gasteiger partial charge is 0.319 e. The van der Waals surface area contributed by atoms with Crippen LogP contribution in [0.5, 0.6) is 0 Å². The fraction of sp³-hybridized carbons (Fsp3) is 0.750. The molecule has 0 unspecified atom stereocenters. The van der Waals surface area contributed by atoms with Crippen LogP contribution in [-0.4, -0.2) is 32.6 Å². The molecule has 0 spiro atoms. The maximum Gasteiger partial charge on any atom is 0.319 e. The van der Waals surface area contributed by atoms with Crippen LogP contribution in [0.1, 0.15) is 12.8 Å². The molecule has 4 heteroatoms. The van der Waals surface area contributed by atoms with Gasteiger partial charge in [0.25, 0.3) is 0 Å². The van der Waals surface area contributed by atoms with E-state index in [2.05, 4.69) is 9.47 Å². The first kappa shape index (κ1) is 9.19. The van der Waals surface area contributed by atoms with Gasteiger partial charge < -0.3 is 9.47 Å². The topological polar surface area (TPSA) is 52.6 Å². The maximum atomic E-state index is 11.3. The summed E-state index contributed by atoms with van der Waals surface area (Å²) in [7, 11) is 2.73. The molecule has 0 aliphatic heterocycles. The second kappa shape index (κ2) is 3.23. The van der Waals surface area contributed by atoms with Gasteiger partial charge >= 0.3 is 5.97 Å². The van der Waals surface area contributed by atoms with Gasteiger partial charge in [-0.05, 0) is 12.8 Å². The standard InChI is InChI=1S/C8H12O4/c1-11-5-6(9)8(3-4-8)7(10)12-2/h3-5H2,1-2H3. The van der Waals surface area contributed by atoms with Gasteiger partial charge in [-0.25, -0.2) is 0 Å². The first-order chi connectivity index (χ1) is 5.67. The Balaban J connectivity index is 2.60. The third-order valence-electron chi connectivity index (χ3n) is 2.14. The normalized spacial score (nSPS) is 18.5. The fourth-order valence-electron chi connectivity index (χ4n) is 1.19. The monoisotopic (exact) mass is 172 g/mol. The van der Waals surface area contributed by atoms with E-state index in [1.807, 2.05) is 0 Å². The van der Waals surface area contributed by atoms with E-state index in [1.54, 1.807) is 0 Å². The lowest BCUT2D eigenvalue weighted by Gasteiger charge is -2.09. The molecule has 0 aromatic carbocycles. The summed E-state index contributed by atoms with van der Waals surface area (Å²) in [6.07, 6.45) is 1.20. The zero-order valence-corrected chi connectivity index (χ0v) is 7.25. The Kier molecular flexibility index (Phi) is 2.47. The van der Waals surface area contributed by atoms with E-state index in [-0.39, 0.29) is 12.4 Å². The number of carbonyl (C=O) groups is 2. The van der Waals surface area contributed by atoms with Crippen LogP contribution in [0.25, 0.3) is 0 Å². The quantitative estimate of drug-likeness (QED) is 0.447. The first-order valence-electron chi connectivity index (χ1n) is 3.78. The molecule has 0 saturated heterocycles. The SMILES string of the molecule is COCC(=O)C1(C(=O)OC)CC1. The van der Waals surface area contributed by atoms with Crippen molar-refractivity contribution in [1.29, 1.82) is 0 Å². The number of hydrogen-bond donors (Lipinski definition) is 0. The van der Waals surface area contributed by atoms with Crippen LogP contribution in [0.4, 0.5) is 0 Å². The number of Topliss-reactive ketones (excluding diaryl/α,β-unsaturated/α-hetero) is 1. The molecule has 0 radical (unpaired) electrons. The highest BCUT2D eigenvalue weighted by atomic mass is 16.5. The van der Waals surface area contributed by atoms with Crippen LogP contribution in [0, 0.1) is 5.41 Å². The summed E-state index contributed by atoms with van der Waals surface area (Å²) < 4.78 is 9.20. The highest BCUT2D eigenvalue weighted by Gasteiger charge is 2.56. The van der Waals surface area contributed by atoms with E-state index in [1.165, 1.54) is 14.2 Å². The molecule has 0 atom stereocenters. The molecule has 0 heterocycles. The Morgan fingerprint density at radius 1 is 1.33 bits per heavy atom. The molecule has 0 amide bonds. The van der Waals surface area contributed by atoms with Crippen LogP contribution in [0.3, 0.4) is 0 Å². The van der Waals surface area contributed by atoms with Gasteiger partial charge in [0.05, 0.1) is 7.11 Å². The first-order valence-corrected chi connectivity index (χ1v) is 3.78. The van der Waals surface area contributed by atoms with Crippen molar-refractivity contribution in [2.45, 2.75) is 12.8 Å². The van der Waals surface area contributed by atoms with Gasteiger partial charge in [-0.3, -0.25) is 9.59 Å². The summed E-state index contributed by atoms with van der Waals surface area (Å²) >= 11 is 0. The summed E-state index contributed by atoms with van der Waals surface area (Å²) in [5.74, 6) is -0.596. The second-order valence-electron chi connectivity index (χ2n) is 2.93. The van der Waals surface area contributed by atoms with Crippen molar-refractivity contribution >= 4 is 11.8 Å². The highest BCUT2D eigenvalue weighted by molar-refractivity contribution is 6.07. The molecule has 0 aromatic heterocycles. The van der Waals surface area contributed by atoms with Crippen molar-refractivity contribution in [3.05, 3.63) is 0 Å². The summed E-state index contributed by atoms with van der Waals surface area (Å²) in [4.78, 5) is 22.4. The molecule has 4 nitrogen and oxygen atoms in total. The molecule has 12 heavy (non-hydrogen) atoms. The summed E-state index contributed by atoms with van der Waals surface area (Å²) in [6, 6.07) is 0. The molecule has 0 N–H and O–H groups in total. The zero-order chi connectivity index (χ0) is 9.19. The molecular weight excluding hydrogens is 160 g/mol. The van der Waals surface area contributed by atoms with Crippen molar-refractivity contribution < 1.29 is 19.1 Å². The van der Waals surface area contributed by atoms with E-state index in [0.29, 0.717) is 12.8 Å². The predicted octanol–water partition coefficient (Wildman–Crippen LogP) is 0.155. The Labute approximate surface area is 70.8 Å². The van der Waals surface area contributed by atoms with E-state index in [0.717, 1.165) is 0 Å². The van der Waals surface area contributed by atoms with Crippen molar-refractivity contribution in [3.63, 3.8) is 0 Å². The molecular formula is C8H12O4. The van der Waals surface area contributed by atoms with E-state index >= 15 is 0 Å². The fourth-order valence-corrected chi connectivity index (χ4v) is 1.19. The van der Waals surface area contributed by atoms with Gasteiger partial charge in [0.2, 0.25) is 0 Å². The molecule has 68 valence electrons. The lowest BCUT2D eigenvalue weighted by Crippen LogP contribution is -2.29. The van der Waals surface area contributed by atoms with Crippen LogP contribution in [0.15, 0.2) is 0 Å². The van der Waals surface area contributed by atoms with E-state index in [9.17, 15) is 9.59 Å². The van der Waals surface area contributed by atoms with Gasteiger partial charge in [0.15, 0.2) is 5.78 Å². The average molecular weight is 172 g/mol. The van der Waals surface area contributed by atoms with E-state index < -0.39 is 11.4 Å². The average Bonchev–Trinajstić information content (AvgIpc) is 2.84. The van der Waals surface area contributed by atoms with Crippen molar-refractivity contribution in [3.8, 4) is 0 Å². The Bertz CT molecular complexity index is 205. The lowest BCUT2D eigenvalue weighted by molar-refractivity contribution is -0.152. The number of ether oxygens (including phenoxy) is 2. The van der Waals surface area contributed by atoms with Crippen LogP contribution in [0.2, 0.25) is 0 Å². The summed E-state index contributed by atoms with van der Waals surface area (Å²) in [6.45, 7) is -0.00486.